The van der Waals surface area contributed by atoms with Gasteiger partial charge in [-0.1, -0.05) is 0 Å². The Balaban J connectivity index is 2.00. The number of nitrogens with two attached hydrogens (primary N) is 1. The second-order valence-electron chi connectivity index (χ2n) is 4.70. The first-order valence-electron chi connectivity index (χ1n) is 5.95. The minimum absolute atomic E-state index is 0.122. The highest BCUT2D eigenvalue weighted by Crippen LogP contribution is 2.22. The van der Waals surface area contributed by atoms with Crippen LogP contribution >= 0.6 is 0 Å². The number of likely N-dealkylation sites (N-methyl/N-ethyl adjacent to an activating group) is 1. The molecule has 86 valence electrons. The van der Waals surface area contributed by atoms with Gasteiger partial charge >= 0.3 is 0 Å². The van der Waals surface area contributed by atoms with Crippen molar-refractivity contribution in [1.29, 1.82) is 0 Å². The second kappa shape index (κ2) is 4.49. The standard InChI is InChI=1S/C11H21N3O/c1-13-6-3-5-10(13)11(15)14-7-2-4-9(14)8-12/h9-10H,2-8,12H2,1H3. The number of nitrogens with zero attached hydrogens (tertiary/aromatic N) is 2. The van der Waals surface area contributed by atoms with Crippen LogP contribution in [0, 0.1) is 0 Å². The van der Waals surface area contributed by atoms with Gasteiger partial charge in [-0.2, -0.15) is 0 Å². The fraction of sp³-hybridized carbons (Fsp3) is 0.909. The van der Waals surface area contributed by atoms with Gasteiger partial charge in [0.2, 0.25) is 5.91 Å². The molecule has 2 aliphatic rings. The Morgan fingerprint density at radius 1 is 1.33 bits per heavy atom. The molecule has 0 aromatic heterocycles. The fourth-order valence-corrected chi connectivity index (χ4v) is 2.78. The van der Waals surface area contributed by atoms with Gasteiger partial charge in [-0.15, -0.1) is 0 Å². The van der Waals surface area contributed by atoms with E-state index < -0.39 is 0 Å². The SMILES string of the molecule is CN1CCCC1C(=O)N1CCCC1CN. The highest BCUT2D eigenvalue weighted by atomic mass is 16.2. The quantitative estimate of drug-likeness (QED) is 0.701. The van der Waals surface area contributed by atoms with E-state index in [2.05, 4.69) is 4.90 Å². The summed E-state index contributed by atoms with van der Waals surface area (Å²) in [5, 5.41) is 0. The van der Waals surface area contributed by atoms with Crippen LogP contribution in [-0.4, -0.2) is 54.5 Å². The lowest BCUT2D eigenvalue weighted by molar-refractivity contribution is -0.136. The highest BCUT2D eigenvalue weighted by Gasteiger charge is 2.35. The van der Waals surface area contributed by atoms with Crippen molar-refractivity contribution in [3.05, 3.63) is 0 Å². The van der Waals surface area contributed by atoms with E-state index in [4.69, 9.17) is 5.73 Å². The number of carbonyl (C=O) groups excluding carboxylic acids is 1. The number of likely N-dealkylation sites (tertiary alicyclic amines) is 2. The number of amides is 1. The van der Waals surface area contributed by atoms with E-state index >= 15 is 0 Å². The molecule has 2 unspecified atom stereocenters. The van der Waals surface area contributed by atoms with Gasteiger partial charge in [-0.3, -0.25) is 9.69 Å². The molecule has 2 fully saturated rings. The summed E-state index contributed by atoms with van der Waals surface area (Å²) in [6, 6.07) is 0.420. The van der Waals surface area contributed by atoms with E-state index in [1.807, 2.05) is 11.9 Å². The normalized spacial score (nSPS) is 32.5. The van der Waals surface area contributed by atoms with Crippen LogP contribution in [-0.2, 0) is 4.79 Å². The molecule has 15 heavy (non-hydrogen) atoms. The zero-order chi connectivity index (χ0) is 10.8. The zero-order valence-electron chi connectivity index (χ0n) is 9.48. The van der Waals surface area contributed by atoms with E-state index in [-0.39, 0.29) is 6.04 Å². The van der Waals surface area contributed by atoms with Crippen molar-refractivity contribution in [2.45, 2.75) is 37.8 Å². The number of hydrogen-bond acceptors (Lipinski definition) is 3. The topological polar surface area (TPSA) is 49.6 Å². The van der Waals surface area contributed by atoms with Gasteiger partial charge in [0.05, 0.1) is 6.04 Å². The number of carbonyl (C=O) groups is 1. The molecule has 4 nitrogen and oxygen atoms in total. The summed E-state index contributed by atoms with van der Waals surface area (Å²) in [7, 11) is 2.04. The molecule has 0 aromatic rings. The largest absolute Gasteiger partial charge is 0.337 e. The van der Waals surface area contributed by atoms with E-state index in [9.17, 15) is 4.79 Å². The Morgan fingerprint density at radius 3 is 2.67 bits per heavy atom. The van der Waals surface area contributed by atoms with E-state index in [1.54, 1.807) is 0 Å². The Morgan fingerprint density at radius 2 is 2.07 bits per heavy atom. The summed E-state index contributed by atoms with van der Waals surface area (Å²) in [5.74, 6) is 0.308. The lowest BCUT2D eigenvalue weighted by Gasteiger charge is -2.29. The van der Waals surface area contributed by atoms with Crippen LogP contribution in [0.3, 0.4) is 0 Å². The molecular weight excluding hydrogens is 190 g/mol. The van der Waals surface area contributed by atoms with E-state index in [1.165, 1.54) is 0 Å². The summed E-state index contributed by atoms with van der Waals surface area (Å²) in [5.41, 5.74) is 5.69. The third kappa shape index (κ3) is 2.01. The van der Waals surface area contributed by atoms with Gasteiger partial charge in [-0.05, 0) is 39.3 Å². The Labute approximate surface area is 91.4 Å². The molecule has 2 saturated heterocycles. The third-order valence-electron chi connectivity index (χ3n) is 3.74. The van der Waals surface area contributed by atoms with Gasteiger partial charge in [-0.25, -0.2) is 0 Å². The summed E-state index contributed by atoms with van der Waals surface area (Å²) in [6.07, 6.45) is 4.36. The average molecular weight is 211 g/mol. The van der Waals surface area contributed by atoms with Crippen molar-refractivity contribution in [3.63, 3.8) is 0 Å². The monoisotopic (exact) mass is 211 g/mol. The first-order chi connectivity index (χ1) is 7.24. The molecule has 2 aliphatic heterocycles. The van der Waals surface area contributed by atoms with Gasteiger partial charge in [0.25, 0.3) is 0 Å². The lowest BCUT2D eigenvalue weighted by Crippen LogP contribution is -2.48. The maximum atomic E-state index is 12.3. The fourth-order valence-electron chi connectivity index (χ4n) is 2.78. The molecule has 0 saturated carbocycles. The molecule has 2 atom stereocenters. The van der Waals surface area contributed by atoms with Gasteiger partial charge in [0.1, 0.15) is 0 Å². The average Bonchev–Trinajstić information content (AvgIpc) is 2.84. The molecule has 2 N–H and O–H groups in total. The Hall–Kier alpha value is -0.610. The van der Waals surface area contributed by atoms with Crippen LogP contribution in [0.2, 0.25) is 0 Å². The van der Waals surface area contributed by atoms with Gasteiger partial charge < -0.3 is 10.6 Å². The van der Waals surface area contributed by atoms with E-state index in [0.29, 0.717) is 18.5 Å². The predicted octanol–water partition coefficient (Wildman–Crippen LogP) is 0.0303. The van der Waals surface area contributed by atoms with Gasteiger partial charge in [0, 0.05) is 19.1 Å². The van der Waals surface area contributed by atoms with Crippen LogP contribution in [0.15, 0.2) is 0 Å². The van der Waals surface area contributed by atoms with Crippen LogP contribution < -0.4 is 5.73 Å². The molecule has 0 radical (unpaired) electrons. The van der Waals surface area contributed by atoms with E-state index in [0.717, 1.165) is 38.8 Å². The first-order valence-corrected chi connectivity index (χ1v) is 5.95. The molecule has 0 spiro atoms. The molecule has 0 aromatic carbocycles. The number of rotatable bonds is 2. The molecule has 0 aliphatic carbocycles. The second-order valence-corrected chi connectivity index (χ2v) is 4.70. The smallest absolute Gasteiger partial charge is 0.240 e. The highest BCUT2D eigenvalue weighted by molar-refractivity contribution is 5.82. The number of hydrogen-bond donors (Lipinski definition) is 1. The summed E-state index contributed by atoms with van der Waals surface area (Å²) in [6.45, 7) is 2.57. The summed E-state index contributed by atoms with van der Waals surface area (Å²) < 4.78 is 0. The molecular formula is C11H21N3O. The molecule has 0 bridgehead atoms. The van der Waals surface area contributed by atoms with Crippen molar-refractivity contribution in [2.75, 3.05) is 26.7 Å². The van der Waals surface area contributed by atoms with Crippen molar-refractivity contribution >= 4 is 5.91 Å². The Kier molecular flexibility index (Phi) is 3.26. The van der Waals surface area contributed by atoms with Crippen LogP contribution in [0.1, 0.15) is 25.7 Å². The third-order valence-corrected chi connectivity index (χ3v) is 3.74. The van der Waals surface area contributed by atoms with Crippen molar-refractivity contribution < 1.29 is 4.79 Å². The summed E-state index contributed by atoms with van der Waals surface area (Å²) in [4.78, 5) is 16.4. The van der Waals surface area contributed by atoms with Crippen LogP contribution in [0.25, 0.3) is 0 Å². The van der Waals surface area contributed by atoms with Crippen LogP contribution in [0.4, 0.5) is 0 Å². The molecule has 1 amide bonds. The minimum Gasteiger partial charge on any atom is -0.337 e. The maximum Gasteiger partial charge on any atom is 0.240 e. The van der Waals surface area contributed by atoms with Crippen molar-refractivity contribution in [3.8, 4) is 0 Å². The maximum absolute atomic E-state index is 12.3. The molecule has 2 rings (SSSR count). The van der Waals surface area contributed by atoms with Crippen molar-refractivity contribution in [1.82, 2.24) is 9.80 Å². The summed E-state index contributed by atoms with van der Waals surface area (Å²) >= 11 is 0. The lowest BCUT2D eigenvalue weighted by atomic mass is 10.1. The van der Waals surface area contributed by atoms with Crippen molar-refractivity contribution in [2.24, 2.45) is 5.73 Å². The molecule has 4 heteroatoms. The molecule has 2 heterocycles. The van der Waals surface area contributed by atoms with Gasteiger partial charge in [0.15, 0.2) is 0 Å². The van der Waals surface area contributed by atoms with Crippen LogP contribution in [0.5, 0.6) is 0 Å². The zero-order valence-corrected chi connectivity index (χ0v) is 9.48. The minimum atomic E-state index is 0.122. The first kappa shape index (κ1) is 10.9. The predicted molar refractivity (Wildman–Crippen MR) is 59.4 cm³/mol. The Bertz CT molecular complexity index is 244.